The van der Waals surface area contributed by atoms with Gasteiger partial charge in [-0.3, -0.25) is 0 Å². The van der Waals surface area contributed by atoms with Crippen LogP contribution < -0.4 is 10.2 Å². The zero-order chi connectivity index (χ0) is 33.9. The van der Waals surface area contributed by atoms with Gasteiger partial charge in [0.05, 0.1) is 23.3 Å². The van der Waals surface area contributed by atoms with Crippen LogP contribution >= 0.6 is 11.6 Å². The van der Waals surface area contributed by atoms with Gasteiger partial charge in [-0.1, -0.05) is 86.2 Å². The molecule has 5 rings (SSSR count). The molecule has 4 atom stereocenters. The number of ether oxygens (including phenoxy) is 2. The number of hydrogen-bond acceptors (Lipinski definition) is 5. The molecule has 8 heteroatoms. The summed E-state index contributed by atoms with van der Waals surface area (Å²) in [5.74, 6) is 2.84. The van der Waals surface area contributed by atoms with Crippen molar-refractivity contribution in [3.05, 3.63) is 94.1 Å². The Morgan fingerprint density at radius 3 is 2.30 bits per heavy atom. The smallest absolute Gasteiger partial charge is 0.494 e. The van der Waals surface area contributed by atoms with Crippen molar-refractivity contribution in [2.24, 2.45) is 23.7 Å². The second-order valence-electron chi connectivity index (χ2n) is 14.4. The van der Waals surface area contributed by atoms with Crippen LogP contribution in [-0.4, -0.2) is 36.5 Å². The molecular formula is C39H48BClO6. The largest absolute Gasteiger partial charge is 0.496 e. The molecule has 0 spiro atoms. The Morgan fingerprint density at radius 2 is 1.64 bits per heavy atom. The van der Waals surface area contributed by atoms with E-state index in [1.165, 1.54) is 37.3 Å². The van der Waals surface area contributed by atoms with Gasteiger partial charge in [-0.2, -0.15) is 0 Å². The Labute approximate surface area is 285 Å². The van der Waals surface area contributed by atoms with E-state index in [9.17, 15) is 4.79 Å². The zero-order valence-corrected chi connectivity index (χ0v) is 29.5. The number of halogens is 1. The Kier molecular flexibility index (Phi) is 10.8. The molecule has 1 aliphatic heterocycles. The van der Waals surface area contributed by atoms with Crippen LogP contribution in [0.5, 0.6) is 5.75 Å². The number of hydrogen-bond donors (Lipinski definition) is 1. The molecule has 4 unspecified atom stereocenters. The first-order valence-corrected chi connectivity index (χ1v) is 17.1. The number of fused-ring (bicyclic) bond motifs is 2. The molecule has 3 aliphatic rings. The van der Waals surface area contributed by atoms with Crippen molar-refractivity contribution in [2.75, 3.05) is 7.11 Å². The zero-order valence-electron chi connectivity index (χ0n) is 28.7. The van der Waals surface area contributed by atoms with Crippen LogP contribution in [0, 0.1) is 23.7 Å². The summed E-state index contributed by atoms with van der Waals surface area (Å²) >= 11 is 7.24. The molecule has 0 radical (unpaired) electrons. The third kappa shape index (κ3) is 7.91. The maximum atomic E-state index is 10.8. The summed E-state index contributed by atoms with van der Waals surface area (Å²) in [4.78, 5) is 10.8. The van der Waals surface area contributed by atoms with Crippen LogP contribution in [0.1, 0.15) is 83.9 Å². The van der Waals surface area contributed by atoms with Gasteiger partial charge in [0.25, 0.3) is 0 Å². The van der Waals surface area contributed by atoms with Gasteiger partial charge in [0.2, 0.25) is 0 Å². The van der Waals surface area contributed by atoms with Gasteiger partial charge in [0.15, 0.2) is 0 Å². The minimum absolute atomic E-state index is 0.307. The van der Waals surface area contributed by atoms with E-state index in [0.717, 1.165) is 39.9 Å². The number of carbonyl (C=O) groups is 1. The predicted octanol–water partition coefficient (Wildman–Crippen LogP) is 8.88. The standard InChI is InChI=1S/C39H48BClO6/c1-25-20-28-22-26(2)34(30(21-25)23-28)37(44-7)32-19-16-29(12-10-8-9-11-13-33(42)43)36(35(32)41)45-24-27-14-17-31(18-15-27)40-46-38(3,4)39(5,6)47-40/h8-19,25-26,28,30H,20-24H2,1-7H3,(H,42,43)/b9-8+,12-10+,13-11+,37-34-. The lowest BCUT2D eigenvalue weighted by Crippen LogP contribution is -2.41. The summed E-state index contributed by atoms with van der Waals surface area (Å²) in [6, 6.07) is 12.1. The van der Waals surface area contributed by atoms with Crippen LogP contribution in [0.3, 0.4) is 0 Å². The highest BCUT2D eigenvalue weighted by Crippen LogP contribution is 2.51. The van der Waals surface area contributed by atoms with E-state index < -0.39 is 24.3 Å². The Hall–Kier alpha value is -3.26. The van der Waals surface area contributed by atoms with E-state index in [-0.39, 0.29) is 0 Å². The van der Waals surface area contributed by atoms with Gasteiger partial charge >= 0.3 is 13.1 Å². The van der Waals surface area contributed by atoms with Gasteiger partial charge in [-0.05, 0) is 99.7 Å². The topological polar surface area (TPSA) is 74.2 Å². The fourth-order valence-electron chi connectivity index (χ4n) is 7.37. The molecule has 1 N–H and O–H groups in total. The van der Waals surface area contributed by atoms with E-state index in [4.69, 9.17) is 35.5 Å². The van der Waals surface area contributed by atoms with Crippen LogP contribution in [0.25, 0.3) is 11.8 Å². The molecule has 3 fully saturated rings. The van der Waals surface area contributed by atoms with Crippen LogP contribution in [0.4, 0.5) is 0 Å². The van der Waals surface area contributed by atoms with Crippen molar-refractivity contribution in [3.8, 4) is 5.75 Å². The molecule has 2 bridgehead atoms. The maximum absolute atomic E-state index is 10.8. The summed E-state index contributed by atoms with van der Waals surface area (Å²) in [6.07, 6.45) is 14.6. The van der Waals surface area contributed by atoms with Crippen molar-refractivity contribution < 1.29 is 28.7 Å². The fraction of sp³-hybridized carbons (Fsp3) is 0.462. The number of allylic oxidation sites excluding steroid dienone is 5. The molecule has 47 heavy (non-hydrogen) atoms. The quantitative estimate of drug-likeness (QED) is 0.119. The third-order valence-corrected chi connectivity index (χ3v) is 10.6. The average Bonchev–Trinajstić information content (AvgIpc) is 3.22. The van der Waals surface area contributed by atoms with Crippen molar-refractivity contribution in [1.29, 1.82) is 0 Å². The van der Waals surface area contributed by atoms with Gasteiger partial charge in [0.1, 0.15) is 18.1 Å². The van der Waals surface area contributed by atoms with Crippen LogP contribution in [0.15, 0.2) is 72.4 Å². The van der Waals surface area contributed by atoms with Gasteiger partial charge in [0, 0.05) is 17.2 Å². The number of benzene rings is 2. The number of rotatable bonds is 10. The van der Waals surface area contributed by atoms with E-state index in [1.54, 1.807) is 19.3 Å². The lowest BCUT2D eigenvalue weighted by atomic mass is 9.62. The summed E-state index contributed by atoms with van der Waals surface area (Å²) in [6.45, 7) is 13.2. The first-order chi connectivity index (χ1) is 22.3. The molecule has 2 aliphatic carbocycles. The van der Waals surface area contributed by atoms with Crippen molar-refractivity contribution in [3.63, 3.8) is 0 Å². The highest BCUT2D eigenvalue weighted by molar-refractivity contribution is 6.62. The number of carboxylic acids is 1. The van der Waals surface area contributed by atoms with Crippen molar-refractivity contribution in [2.45, 2.75) is 85.0 Å². The Bertz CT molecular complexity index is 1550. The molecular weight excluding hydrogens is 611 g/mol. The molecule has 0 aromatic heterocycles. The van der Waals surface area contributed by atoms with E-state index in [2.05, 4.69) is 13.8 Å². The number of aliphatic carboxylic acids is 1. The van der Waals surface area contributed by atoms with E-state index in [1.807, 2.05) is 76.2 Å². The second-order valence-corrected chi connectivity index (χ2v) is 14.8. The highest BCUT2D eigenvalue weighted by atomic mass is 35.5. The number of methoxy groups -OCH3 is 1. The minimum Gasteiger partial charge on any atom is -0.496 e. The Balaban J connectivity index is 1.44. The van der Waals surface area contributed by atoms with Gasteiger partial charge < -0.3 is 23.9 Å². The molecule has 2 saturated carbocycles. The number of carboxylic acid groups (broad SMARTS) is 1. The van der Waals surface area contributed by atoms with Gasteiger partial charge in [-0.15, -0.1) is 0 Å². The summed E-state index contributed by atoms with van der Waals surface area (Å²) in [7, 11) is 1.32. The minimum atomic E-state index is -0.991. The normalized spacial score (nSPS) is 26.3. The SMILES string of the molecule is CO/C(=C1/C(C)CC2CC(C)CC1C2)c1ccc(/C=C/C=C/C=C/C(=O)O)c(OCc2ccc(B3OC(C)(C)C(C)(C)O3)cc2)c1Cl. The van der Waals surface area contributed by atoms with Crippen molar-refractivity contribution in [1.82, 2.24) is 0 Å². The third-order valence-electron chi connectivity index (χ3n) is 10.3. The lowest BCUT2D eigenvalue weighted by Gasteiger charge is -2.43. The molecule has 2 aromatic rings. The molecule has 6 nitrogen and oxygen atoms in total. The van der Waals surface area contributed by atoms with Crippen LogP contribution in [-0.2, 0) is 25.4 Å². The Morgan fingerprint density at radius 1 is 0.957 bits per heavy atom. The fourth-order valence-corrected chi connectivity index (χ4v) is 7.68. The van der Waals surface area contributed by atoms with Crippen LogP contribution in [0.2, 0.25) is 5.02 Å². The molecule has 1 heterocycles. The monoisotopic (exact) mass is 658 g/mol. The van der Waals surface area contributed by atoms with E-state index in [0.29, 0.717) is 35.1 Å². The molecule has 0 amide bonds. The summed E-state index contributed by atoms with van der Waals surface area (Å²) in [5.41, 5.74) is 4.15. The van der Waals surface area contributed by atoms with Crippen molar-refractivity contribution >= 4 is 42.0 Å². The maximum Gasteiger partial charge on any atom is 0.494 e. The summed E-state index contributed by atoms with van der Waals surface area (Å²) < 4.78 is 25.1. The average molecular weight is 659 g/mol. The highest BCUT2D eigenvalue weighted by Gasteiger charge is 2.51. The summed E-state index contributed by atoms with van der Waals surface area (Å²) in [5, 5.41) is 9.36. The second kappa shape index (κ2) is 14.5. The predicted molar refractivity (Wildman–Crippen MR) is 191 cm³/mol. The first-order valence-electron chi connectivity index (χ1n) is 16.7. The molecule has 2 aromatic carbocycles. The first kappa shape index (κ1) is 35.1. The van der Waals surface area contributed by atoms with E-state index >= 15 is 0 Å². The molecule has 250 valence electrons. The molecule has 1 saturated heterocycles. The van der Waals surface area contributed by atoms with Gasteiger partial charge in [-0.25, -0.2) is 4.79 Å². The lowest BCUT2D eigenvalue weighted by molar-refractivity contribution is -0.131.